The van der Waals surface area contributed by atoms with Gasteiger partial charge < -0.3 is 9.64 Å². The van der Waals surface area contributed by atoms with Crippen LogP contribution in [0.1, 0.15) is 28.8 Å². The minimum absolute atomic E-state index is 0.0204. The molecule has 0 aromatic heterocycles. The predicted molar refractivity (Wildman–Crippen MR) is 67.3 cm³/mol. The van der Waals surface area contributed by atoms with Crippen LogP contribution in [0.2, 0.25) is 0 Å². The van der Waals surface area contributed by atoms with Gasteiger partial charge in [-0.05, 0) is 24.5 Å². The zero-order chi connectivity index (χ0) is 13.0. The molecule has 0 fully saturated rings. The topological polar surface area (TPSA) is 46.6 Å². The molecule has 0 unspecified atom stereocenters. The summed E-state index contributed by atoms with van der Waals surface area (Å²) in [5, 5.41) is 0. The van der Waals surface area contributed by atoms with Crippen molar-refractivity contribution in [2.75, 3.05) is 20.2 Å². The van der Waals surface area contributed by atoms with Crippen LogP contribution in [0, 0.1) is 0 Å². The third-order valence-corrected chi connectivity index (χ3v) is 3.22. The summed E-state index contributed by atoms with van der Waals surface area (Å²) in [5.41, 5.74) is 1.86. The molecular formula is C14H17NO3. The summed E-state index contributed by atoms with van der Waals surface area (Å²) in [7, 11) is 1.36. The first kappa shape index (κ1) is 12.6. The third-order valence-electron chi connectivity index (χ3n) is 3.22. The van der Waals surface area contributed by atoms with Gasteiger partial charge in [-0.1, -0.05) is 18.2 Å². The van der Waals surface area contributed by atoms with E-state index in [4.69, 9.17) is 0 Å². The molecule has 4 nitrogen and oxygen atoms in total. The van der Waals surface area contributed by atoms with Gasteiger partial charge in [-0.3, -0.25) is 9.59 Å². The van der Waals surface area contributed by atoms with E-state index in [0.717, 1.165) is 24.0 Å². The first-order chi connectivity index (χ1) is 8.72. The Labute approximate surface area is 107 Å². The number of aryl methyl sites for hydroxylation is 1. The standard InChI is InChI=1S/C14H17NO3/c1-18-13(16)8-10-15-9-4-6-11-5-2-3-7-12(11)14(15)17/h2-3,5,7H,4,6,8-10H2,1H3. The predicted octanol–water partition coefficient (Wildman–Crippen LogP) is 1.64. The molecule has 1 aromatic rings. The van der Waals surface area contributed by atoms with Crippen LogP contribution in [0.5, 0.6) is 0 Å². The van der Waals surface area contributed by atoms with Gasteiger partial charge in [0.2, 0.25) is 0 Å². The molecule has 0 spiro atoms. The molecule has 96 valence electrons. The van der Waals surface area contributed by atoms with Crippen molar-refractivity contribution < 1.29 is 14.3 Å². The second-order valence-electron chi connectivity index (χ2n) is 4.38. The van der Waals surface area contributed by atoms with Crippen LogP contribution in [0.3, 0.4) is 0 Å². The van der Waals surface area contributed by atoms with E-state index in [1.165, 1.54) is 7.11 Å². The van der Waals surface area contributed by atoms with Crippen LogP contribution in [0.25, 0.3) is 0 Å². The van der Waals surface area contributed by atoms with Crippen molar-refractivity contribution in [2.45, 2.75) is 19.3 Å². The molecule has 0 bridgehead atoms. The Bertz CT molecular complexity index is 456. The summed E-state index contributed by atoms with van der Waals surface area (Å²) < 4.78 is 4.60. The molecule has 0 N–H and O–H groups in total. The molecule has 0 aliphatic carbocycles. The van der Waals surface area contributed by atoms with Crippen LogP contribution < -0.4 is 0 Å². The van der Waals surface area contributed by atoms with E-state index in [1.807, 2.05) is 24.3 Å². The van der Waals surface area contributed by atoms with Gasteiger partial charge in [-0.25, -0.2) is 0 Å². The van der Waals surface area contributed by atoms with E-state index < -0.39 is 0 Å². The normalized spacial score (nSPS) is 14.9. The second kappa shape index (κ2) is 5.67. The monoisotopic (exact) mass is 247 g/mol. The number of carbonyl (C=O) groups excluding carboxylic acids is 2. The summed E-state index contributed by atoms with van der Waals surface area (Å²) >= 11 is 0. The number of rotatable bonds is 3. The summed E-state index contributed by atoms with van der Waals surface area (Å²) in [6.45, 7) is 1.13. The van der Waals surface area contributed by atoms with Crippen molar-refractivity contribution >= 4 is 11.9 Å². The lowest BCUT2D eigenvalue weighted by Crippen LogP contribution is -2.33. The van der Waals surface area contributed by atoms with E-state index in [0.29, 0.717) is 13.1 Å². The number of nitrogens with zero attached hydrogens (tertiary/aromatic N) is 1. The van der Waals surface area contributed by atoms with Crippen molar-refractivity contribution in [3.05, 3.63) is 35.4 Å². The number of esters is 1. The van der Waals surface area contributed by atoms with Gasteiger partial charge in [0.25, 0.3) is 5.91 Å². The van der Waals surface area contributed by atoms with Crippen LogP contribution in [-0.2, 0) is 16.0 Å². The summed E-state index contributed by atoms with van der Waals surface area (Å²) in [5.74, 6) is -0.257. The molecule has 1 aliphatic heterocycles. The van der Waals surface area contributed by atoms with Crippen molar-refractivity contribution in [2.24, 2.45) is 0 Å². The van der Waals surface area contributed by atoms with Crippen LogP contribution in [-0.4, -0.2) is 37.0 Å². The Morgan fingerprint density at radius 2 is 2.17 bits per heavy atom. The highest BCUT2D eigenvalue weighted by molar-refractivity contribution is 5.96. The molecular weight excluding hydrogens is 230 g/mol. The van der Waals surface area contributed by atoms with E-state index in [9.17, 15) is 9.59 Å². The maximum atomic E-state index is 12.3. The number of hydrogen-bond acceptors (Lipinski definition) is 3. The first-order valence-corrected chi connectivity index (χ1v) is 6.16. The second-order valence-corrected chi connectivity index (χ2v) is 4.38. The minimum atomic E-state index is -0.277. The largest absolute Gasteiger partial charge is 0.469 e. The van der Waals surface area contributed by atoms with Gasteiger partial charge in [0, 0.05) is 18.7 Å². The van der Waals surface area contributed by atoms with Crippen molar-refractivity contribution in [3.63, 3.8) is 0 Å². The number of ether oxygens (including phenoxy) is 1. The van der Waals surface area contributed by atoms with Gasteiger partial charge in [-0.2, -0.15) is 0 Å². The SMILES string of the molecule is COC(=O)CCN1CCCc2ccccc2C1=O. The van der Waals surface area contributed by atoms with Crippen LogP contribution in [0.4, 0.5) is 0 Å². The third kappa shape index (κ3) is 2.70. The summed E-state index contributed by atoms with van der Waals surface area (Å²) in [4.78, 5) is 25.2. The lowest BCUT2D eigenvalue weighted by atomic mass is 10.0. The average Bonchev–Trinajstić information content (AvgIpc) is 2.56. The number of amides is 1. The van der Waals surface area contributed by atoms with Gasteiger partial charge >= 0.3 is 5.97 Å². The molecule has 0 saturated carbocycles. The van der Waals surface area contributed by atoms with Gasteiger partial charge in [0.1, 0.15) is 0 Å². The fourth-order valence-electron chi connectivity index (χ4n) is 2.22. The number of hydrogen-bond donors (Lipinski definition) is 0. The summed E-state index contributed by atoms with van der Waals surface area (Å²) in [6.07, 6.45) is 2.10. The molecule has 1 amide bonds. The summed E-state index contributed by atoms with van der Waals surface area (Å²) in [6, 6.07) is 7.68. The van der Waals surface area contributed by atoms with Gasteiger partial charge in [0.05, 0.1) is 13.5 Å². The molecule has 1 aromatic carbocycles. The Hall–Kier alpha value is -1.84. The fourth-order valence-corrected chi connectivity index (χ4v) is 2.22. The maximum absolute atomic E-state index is 12.3. The number of benzene rings is 1. The lowest BCUT2D eigenvalue weighted by Gasteiger charge is -2.20. The molecule has 0 saturated heterocycles. The number of carbonyl (C=O) groups is 2. The Kier molecular flexibility index (Phi) is 3.97. The fraction of sp³-hybridized carbons (Fsp3) is 0.429. The zero-order valence-electron chi connectivity index (χ0n) is 10.5. The molecule has 1 heterocycles. The number of methoxy groups -OCH3 is 1. The molecule has 0 radical (unpaired) electrons. The van der Waals surface area contributed by atoms with Crippen molar-refractivity contribution in [1.29, 1.82) is 0 Å². The number of fused-ring (bicyclic) bond motifs is 1. The maximum Gasteiger partial charge on any atom is 0.307 e. The first-order valence-electron chi connectivity index (χ1n) is 6.16. The van der Waals surface area contributed by atoms with Crippen molar-refractivity contribution in [1.82, 2.24) is 4.90 Å². The van der Waals surface area contributed by atoms with Crippen molar-refractivity contribution in [3.8, 4) is 0 Å². The Balaban J connectivity index is 2.10. The molecule has 2 rings (SSSR count). The van der Waals surface area contributed by atoms with E-state index >= 15 is 0 Å². The molecule has 1 aliphatic rings. The smallest absolute Gasteiger partial charge is 0.307 e. The van der Waals surface area contributed by atoms with E-state index in [1.54, 1.807) is 4.90 Å². The highest BCUT2D eigenvalue weighted by Gasteiger charge is 2.22. The van der Waals surface area contributed by atoms with E-state index in [-0.39, 0.29) is 18.3 Å². The highest BCUT2D eigenvalue weighted by Crippen LogP contribution is 2.18. The van der Waals surface area contributed by atoms with E-state index in [2.05, 4.69) is 4.74 Å². The Morgan fingerprint density at radius 1 is 1.39 bits per heavy atom. The zero-order valence-corrected chi connectivity index (χ0v) is 10.5. The molecule has 18 heavy (non-hydrogen) atoms. The quantitative estimate of drug-likeness (QED) is 0.763. The molecule has 4 heteroatoms. The lowest BCUT2D eigenvalue weighted by molar-refractivity contribution is -0.140. The minimum Gasteiger partial charge on any atom is -0.469 e. The van der Waals surface area contributed by atoms with Gasteiger partial charge in [-0.15, -0.1) is 0 Å². The van der Waals surface area contributed by atoms with Crippen LogP contribution >= 0.6 is 0 Å². The van der Waals surface area contributed by atoms with Crippen LogP contribution in [0.15, 0.2) is 24.3 Å². The molecule has 0 atom stereocenters. The Morgan fingerprint density at radius 3 is 2.94 bits per heavy atom. The highest BCUT2D eigenvalue weighted by atomic mass is 16.5. The average molecular weight is 247 g/mol. The van der Waals surface area contributed by atoms with Gasteiger partial charge in [0.15, 0.2) is 0 Å².